The lowest BCUT2D eigenvalue weighted by molar-refractivity contribution is 0.139. The summed E-state index contributed by atoms with van der Waals surface area (Å²) in [7, 11) is 1.89. The molecule has 0 aliphatic carbocycles. The maximum Gasteiger partial charge on any atom is 0.225 e. The highest BCUT2D eigenvalue weighted by Crippen LogP contribution is 2.29. The number of rotatable bonds is 5. The monoisotopic (exact) mass is 555 g/mol. The molecule has 170 valence electrons. The molecule has 9 heteroatoms. The highest BCUT2D eigenvalue weighted by atomic mass is 127. The van der Waals surface area contributed by atoms with Crippen LogP contribution in [0.15, 0.2) is 41.0 Å². The summed E-state index contributed by atoms with van der Waals surface area (Å²) in [6.45, 7) is 9.28. The first-order valence-electron chi connectivity index (χ1n) is 11.0. The van der Waals surface area contributed by atoms with E-state index >= 15 is 0 Å². The first-order chi connectivity index (χ1) is 14.7. The number of aliphatic imine (C=N–C) groups is 1. The van der Waals surface area contributed by atoms with Crippen molar-refractivity contribution in [3.63, 3.8) is 0 Å². The minimum atomic E-state index is 0. The number of guanidine groups is 1. The fraction of sp³-hybridized carbons (Fsp3) is 0.591. The van der Waals surface area contributed by atoms with Crippen molar-refractivity contribution in [2.45, 2.75) is 25.8 Å². The third-order valence-corrected chi connectivity index (χ3v) is 7.18. The second kappa shape index (κ2) is 12.0. The fourth-order valence-corrected chi connectivity index (χ4v) is 5.18. The van der Waals surface area contributed by atoms with E-state index < -0.39 is 0 Å². The quantitative estimate of drug-likeness (QED) is 0.347. The molecule has 4 rings (SSSR count). The maximum atomic E-state index is 4.59. The number of piperazine rings is 1. The van der Waals surface area contributed by atoms with Gasteiger partial charge in [0.15, 0.2) is 5.96 Å². The van der Waals surface area contributed by atoms with Crippen LogP contribution < -0.4 is 10.2 Å². The Morgan fingerprint density at radius 1 is 1.13 bits per heavy atom. The van der Waals surface area contributed by atoms with Crippen LogP contribution in [0.1, 0.15) is 30.7 Å². The van der Waals surface area contributed by atoms with E-state index in [-0.39, 0.29) is 24.0 Å². The Morgan fingerprint density at radius 2 is 1.84 bits per heavy atom. The number of thiophene rings is 1. The van der Waals surface area contributed by atoms with Gasteiger partial charge in [-0.25, -0.2) is 9.97 Å². The molecule has 0 aromatic carbocycles. The van der Waals surface area contributed by atoms with Crippen molar-refractivity contribution < 1.29 is 0 Å². The van der Waals surface area contributed by atoms with Crippen molar-refractivity contribution in [1.82, 2.24) is 25.1 Å². The van der Waals surface area contributed by atoms with Gasteiger partial charge in [0, 0.05) is 57.0 Å². The van der Waals surface area contributed by atoms with Crippen LogP contribution in [0.2, 0.25) is 0 Å². The van der Waals surface area contributed by atoms with E-state index in [1.807, 2.05) is 24.5 Å². The molecule has 2 aromatic heterocycles. The molecule has 2 aliphatic heterocycles. The van der Waals surface area contributed by atoms with Crippen molar-refractivity contribution in [2.75, 3.05) is 57.8 Å². The molecule has 0 radical (unpaired) electrons. The summed E-state index contributed by atoms with van der Waals surface area (Å²) >= 11 is 1.86. The van der Waals surface area contributed by atoms with Crippen LogP contribution in [0.4, 0.5) is 5.95 Å². The number of hydrogen-bond donors (Lipinski definition) is 1. The van der Waals surface area contributed by atoms with Crippen molar-refractivity contribution in [3.05, 3.63) is 40.8 Å². The lowest BCUT2D eigenvalue weighted by atomic mass is 9.97. The van der Waals surface area contributed by atoms with Crippen molar-refractivity contribution >= 4 is 47.2 Å². The van der Waals surface area contributed by atoms with Crippen molar-refractivity contribution in [3.8, 4) is 0 Å². The van der Waals surface area contributed by atoms with Crippen LogP contribution in [0.3, 0.4) is 0 Å². The lowest BCUT2D eigenvalue weighted by Crippen LogP contribution is -2.54. The summed E-state index contributed by atoms with van der Waals surface area (Å²) in [4.78, 5) is 22.0. The minimum absolute atomic E-state index is 0. The second-order valence-electron chi connectivity index (χ2n) is 8.20. The lowest BCUT2D eigenvalue weighted by Gasteiger charge is -2.39. The summed E-state index contributed by atoms with van der Waals surface area (Å²) in [6, 6.07) is 6.71. The molecule has 2 aromatic rings. The van der Waals surface area contributed by atoms with Gasteiger partial charge in [-0.2, -0.15) is 0 Å². The number of nitrogens with zero attached hydrogens (tertiary/aromatic N) is 6. The smallest absolute Gasteiger partial charge is 0.225 e. The Balaban J connectivity index is 0.00000272. The molecule has 2 fully saturated rings. The molecule has 0 saturated carbocycles. The van der Waals surface area contributed by atoms with Crippen LogP contribution in [0.5, 0.6) is 0 Å². The Bertz CT molecular complexity index is 785. The zero-order chi connectivity index (χ0) is 20.8. The summed E-state index contributed by atoms with van der Waals surface area (Å²) in [5, 5.41) is 5.87. The second-order valence-corrected chi connectivity index (χ2v) is 9.18. The highest BCUT2D eigenvalue weighted by molar-refractivity contribution is 14.0. The standard InChI is InChI=1S/C22H33N7S.HI/c1-18-6-10-27(11-7-18)19(20-5-3-16-30-20)17-26-21(23-2)28-12-14-29(15-13-28)22-24-8-4-9-25-22;/h3-5,8-9,16,18-19H,6-7,10-15,17H2,1-2H3,(H,23,26);1H. The Labute approximate surface area is 207 Å². The van der Waals surface area contributed by atoms with E-state index in [1.54, 1.807) is 12.4 Å². The molecule has 1 atom stereocenters. The Hall–Kier alpha value is -1.46. The molecule has 0 spiro atoms. The summed E-state index contributed by atoms with van der Waals surface area (Å²) < 4.78 is 0. The van der Waals surface area contributed by atoms with Gasteiger partial charge in [-0.15, -0.1) is 35.3 Å². The Kier molecular flexibility index (Phi) is 9.33. The third kappa shape index (κ3) is 6.29. The largest absolute Gasteiger partial charge is 0.354 e. The first-order valence-corrected chi connectivity index (χ1v) is 11.9. The SMILES string of the molecule is CN=C(NCC(c1cccs1)N1CCC(C)CC1)N1CCN(c2ncccn2)CC1.I. The molecular formula is C22H34IN7S. The van der Waals surface area contributed by atoms with Crippen LogP contribution in [-0.2, 0) is 0 Å². The predicted molar refractivity (Wildman–Crippen MR) is 140 cm³/mol. The van der Waals surface area contributed by atoms with E-state index in [0.29, 0.717) is 6.04 Å². The van der Waals surface area contributed by atoms with E-state index in [4.69, 9.17) is 0 Å². The first kappa shape index (κ1) is 24.2. The summed E-state index contributed by atoms with van der Waals surface area (Å²) in [6.07, 6.45) is 6.20. The molecule has 2 aliphatic rings. The number of hydrogen-bond acceptors (Lipinski definition) is 6. The molecule has 4 heterocycles. The molecule has 0 amide bonds. The van der Waals surface area contributed by atoms with Gasteiger partial charge in [-0.3, -0.25) is 9.89 Å². The zero-order valence-electron chi connectivity index (χ0n) is 18.5. The molecule has 1 N–H and O–H groups in total. The van der Waals surface area contributed by atoms with E-state index in [0.717, 1.165) is 50.5 Å². The Morgan fingerprint density at radius 3 is 2.45 bits per heavy atom. The highest BCUT2D eigenvalue weighted by Gasteiger charge is 2.27. The van der Waals surface area contributed by atoms with E-state index in [2.05, 4.69) is 59.4 Å². The van der Waals surface area contributed by atoms with Gasteiger partial charge in [0.25, 0.3) is 0 Å². The van der Waals surface area contributed by atoms with Gasteiger partial charge in [-0.05, 0) is 49.4 Å². The average Bonchev–Trinajstić information content (AvgIpc) is 3.33. The van der Waals surface area contributed by atoms with Crippen molar-refractivity contribution in [2.24, 2.45) is 10.9 Å². The normalized spacial score (nSPS) is 19.7. The summed E-state index contributed by atoms with van der Waals surface area (Å²) in [5.74, 6) is 2.66. The predicted octanol–water partition coefficient (Wildman–Crippen LogP) is 3.33. The molecule has 31 heavy (non-hydrogen) atoms. The van der Waals surface area contributed by atoms with Crippen LogP contribution in [0, 0.1) is 5.92 Å². The number of halogens is 1. The number of anilines is 1. The van der Waals surface area contributed by atoms with Gasteiger partial charge < -0.3 is 15.1 Å². The van der Waals surface area contributed by atoms with Crippen LogP contribution in [0.25, 0.3) is 0 Å². The fourth-order valence-electron chi connectivity index (χ4n) is 4.32. The van der Waals surface area contributed by atoms with Crippen LogP contribution in [-0.4, -0.2) is 78.6 Å². The van der Waals surface area contributed by atoms with Crippen LogP contribution >= 0.6 is 35.3 Å². The number of nitrogens with one attached hydrogen (secondary N) is 1. The van der Waals surface area contributed by atoms with Crippen molar-refractivity contribution in [1.29, 1.82) is 0 Å². The van der Waals surface area contributed by atoms with Gasteiger partial charge >= 0.3 is 0 Å². The van der Waals surface area contributed by atoms with Gasteiger partial charge in [0.2, 0.25) is 5.95 Å². The third-order valence-electron chi connectivity index (χ3n) is 6.21. The molecular weight excluding hydrogens is 521 g/mol. The van der Waals surface area contributed by atoms with Gasteiger partial charge in [0.1, 0.15) is 0 Å². The molecule has 2 saturated heterocycles. The molecule has 0 bridgehead atoms. The zero-order valence-corrected chi connectivity index (χ0v) is 21.6. The average molecular weight is 556 g/mol. The molecule has 7 nitrogen and oxygen atoms in total. The van der Waals surface area contributed by atoms with Gasteiger partial charge in [0.05, 0.1) is 6.04 Å². The number of piperidine rings is 1. The minimum Gasteiger partial charge on any atom is -0.354 e. The summed E-state index contributed by atoms with van der Waals surface area (Å²) in [5.41, 5.74) is 0. The maximum absolute atomic E-state index is 4.59. The number of likely N-dealkylation sites (tertiary alicyclic amines) is 1. The number of aromatic nitrogens is 2. The van der Waals surface area contributed by atoms with E-state index in [9.17, 15) is 0 Å². The van der Waals surface area contributed by atoms with Gasteiger partial charge in [-0.1, -0.05) is 13.0 Å². The topological polar surface area (TPSA) is 59.9 Å². The molecule has 1 unspecified atom stereocenters. The van der Waals surface area contributed by atoms with E-state index in [1.165, 1.54) is 30.8 Å².